The van der Waals surface area contributed by atoms with Gasteiger partial charge in [0, 0.05) is 12.6 Å². The van der Waals surface area contributed by atoms with E-state index in [0.29, 0.717) is 12.4 Å². The summed E-state index contributed by atoms with van der Waals surface area (Å²) in [6.07, 6.45) is 3.10. The molecule has 1 fully saturated rings. The van der Waals surface area contributed by atoms with Gasteiger partial charge in [-0.3, -0.25) is 4.79 Å². The molecule has 1 aliphatic rings. The topological polar surface area (TPSA) is 63.2 Å². The predicted octanol–water partition coefficient (Wildman–Crippen LogP) is 3.37. The third-order valence-electron chi connectivity index (χ3n) is 3.92. The van der Waals surface area contributed by atoms with Gasteiger partial charge in [-0.25, -0.2) is 4.98 Å². The minimum Gasteiger partial charge on any atom is -0.377 e. The van der Waals surface area contributed by atoms with Crippen molar-refractivity contribution in [1.29, 1.82) is 0 Å². The van der Waals surface area contributed by atoms with Crippen molar-refractivity contribution < 1.29 is 9.53 Å². The van der Waals surface area contributed by atoms with E-state index in [9.17, 15) is 4.79 Å². The lowest BCUT2D eigenvalue weighted by Gasteiger charge is -2.16. The summed E-state index contributed by atoms with van der Waals surface area (Å²) in [6.45, 7) is 2.76. The zero-order chi connectivity index (χ0) is 16.1. The van der Waals surface area contributed by atoms with E-state index in [-0.39, 0.29) is 18.1 Å². The van der Waals surface area contributed by atoms with Crippen LogP contribution in [0.1, 0.15) is 31.4 Å². The quantitative estimate of drug-likeness (QED) is 0.888. The van der Waals surface area contributed by atoms with Gasteiger partial charge in [0.15, 0.2) is 0 Å². The third kappa shape index (κ3) is 4.07. The van der Waals surface area contributed by atoms with E-state index in [1.165, 1.54) is 5.56 Å². The summed E-state index contributed by atoms with van der Waals surface area (Å²) in [4.78, 5) is 16.3. The molecule has 0 radical (unpaired) electrons. The van der Waals surface area contributed by atoms with Crippen LogP contribution >= 0.6 is 0 Å². The minimum absolute atomic E-state index is 0.117. The van der Waals surface area contributed by atoms with Crippen molar-refractivity contribution in [2.45, 2.75) is 31.9 Å². The number of rotatable bonds is 5. The molecular formula is C18H21N3O2. The van der Waals surface area contributed by atoms with E-state index in [0.717, 1.165) is 18.5 Å². The molecule has 120 valence electrons. The molecule has 23 heavy (non-hydrogen) atoms. The smallest absolute Gasteiger partial charge is 0.254 e. The highest BCUT2D eigenvalue weighted by Gasteiger charge is 2.23. The van der Waals surface area contributed by atoms with Crippen LogP contribution in [0.15, 0.2) is 48.7 Å². The normalized spacial score (nSPS) is 18.4. The van der Waals surface area contributed by atoms with Crippen LogP contribution in [0.25, 0.3) is 0 Å². The number of nitrogens with zero attached hydrogens (tertiary/aromatic N) is 1. The Morgan fingerprint density at radius 2 is 2.09 bits per heavy atom. The molecule has 2 unspecified atom stereocenters. The second-order valence-corrected chi connectivity index (χ2v) is 5.70. The molecule has 1 aliphatic heterocycles. The molecule has 0 spiro atoms. The van der Waals surface area contributed by atoms with Crippen molar-refractivity contribution in [3.05, 3.63) is 54.2 Å². The first-order chi connectivity index (χ1) is 11.2. The first-order valence-electron chi connectivity index (χ1n) is 7.92. The van der Waals surface area contributed by atoms with Crippen LogP contribution in [0, 0.1) is 0 Å². The first-order valence-corrected chi connectivity index (χ1v) is 7.92. The Hall–Kier alpha value is -2.40. The average Bonchev–Trinajstić information content (AvgIpc) is 3.12. The predicted molar refractivity (Wildman–Crippen MR) is 90.3 cm³/mol. The van der Waals surface area contributed by atoms with Gasteiger partial charge in [0.05, 0.1) is 11.9 Å². The highest BCUT2D eigenvalue weighted by Crippen LogP contribution is 2.20. The van der Waals surface area contributed by atoms with Gasteiger partial charge in [0.2, 0.25) is 0 Å². The van der Waals surface area contributed by atoms with Crippen molar-refractivity contribution in [2.24, 2.45) is 0 Å². The van der Waals surface area contributed by atoms with Gasteiger partial charge in [0.25, 0.3) is 5.91 Å². The maximum absolute atomic E-state index is 12.0. The van der Waals surface area contributed by atoms with Crippen LogP contribution in [0.5, 0.6) is 0 Å². The van der Waals surface area contributed by atoms with E-state index >= 15 is 0 Å². The standard InChI is InChI=1S/C18H21N3O2/c1-13(14-6-3-2-4-7-14)20-15-9-10-17(19-12-15)21-18(22)16-8-5-11-23-16/h2-4,6-7,9-10,12-13,16,20H,5,8,11H2,1H3,(H,19,21,22). The second kappa shape index (κ2) is 7.24. The fraction of sp³-hybridized carbons (Fsp3) is 0.333. The van der Waals surface area contributed by atoms with Crippen molar-refractivity contribution in [2.75, 3.05) is 17.2 Å². The maximum atomic E-state index is 12.0. The highest BCUT2D eigenvalue weighted by atomic mass is 16.5. The number of amides is 1. The van der Waals surface area contributed by atoms with E-state index in [1.807, 2.05) is 24.3 Å². The summed E-state index contributed by atoms with van der Waals surface area (Å²) < 4.78 is 5.36. The van der Waals surface area contributed by atoms with Crippen molar-refractivity contribution in [1.82, 2.24) is 4.98 Å². The Kier molecular flexibility index (Phi) is 4.88. The maximum Gasteiger partial charge on any atom is 0.254 e. The van der Waals surface area contributed by atoms with E-state index < -0.39 is 0 Å². The number of carbonyl (C=O) groups excluding carboxylic acids is 1. The van der Waals surface area contributed by atoms with Gasteiger partial charge < -0.3 is 15.4 Å². The van der Waals surface area contributed by atoms with Gasteiger partial charge in [-0.1, -0.05) is 30.3 Å². The second-order valence-electron chi connectivity index (χ2n) is 5.70. The molecule has 2 aromatic rings. The molecule has 1 saturated heterocycles. The zero-order valence-corrected chi connectivity index (χ0v) is 13.2. The Morgan fingerprint density at radius 1 is 1.26 bits per heavy atom. The number of anilines is 2. The van der Waals surface area contributed by atoms with Crippen LogP contribution < -0.4 is 10.6 Å². The number of ether oxygens (including phenoxy) is 1. The molecule has 0 saturated carbocycles. The summed E-state index contributed by atoms with van der Waals surface area (Å²) in [5.41, 5.74) is 2.12. The van der Waals surface area contributed by atoms with Crippen molar-refractivity contribution in [3.63, 3.8) is 0 Å². The SMILES string of the molecule is CC(Nc1ccc(NC(=O)C2CCCO2)nc1)c1ccccc1. The number of carbonyl (C=O) groups is 1. The minimum atomic E-state index is -0.340. The van der Waals surface area contributed by atoms with Crippen LogP contribution in [0.4, 0.5) is 11.5 Å². The molecule has 2 atom stereocenters. The Labute approximate surface area is 136 Å². The molecule has 0 bridgehead atoms. The Morgan fingerprint density at radius 3 is 2.74 bits per heavy atom. The monoisotopic (exact) mass is 311 g/mol. The molecule has 3 rings (SSSR count). The van der Waals surface area contributed by atoms with Crippen LogP contribution in [-0.4, -0.2) is 23.6 Å². The molecule has 5 heteroatoms. The molecule has 1 amide bonds. The number of hydrogen-bond donors (Lipinski definition) is 2. The van der Waals surface area contributed by atoms with Gasteiger partial charge >= 0.3 is 0 Å². The Bertz CT molecular complexity index is 637. The molecule has 2 heterocycles. The lowest BCUT2D eigenvalue weighted by Crippen LogP contribution is -2.27. The summed E-state index contributed by atoms with van der Waals surface area (Å²) in [5.74, 6) is 0.428. The summed E-state index contributed by atoms with van der Waals surface area (Å²) in [7, 11) is 0. The lowest BCUT2D eigenvalue weighted by molar-refractivity contribution is -0.124. The molecular weight excluding hydrogens is 290 g/mol. The Balaban J connectivity index is 1.57. The van der Waals surface area contributed by atoms with Gasteiger partial charge in [-0.15, -0.1) is 0 Å². The average molecular weight is 311 g/mol. The van der Waals surface area contributed by atoms with Crippen LogP contribution in [0.2, 0.25) is 0 Å². The van der Waals surface area contributed by atoms with Crippen LogP contribution in [0.3, 0.4) is 0 Å². The summed E-state index contributed by atoms with van der Waals surface area (Å²) in [6, 6.07) is 14.1. The molecule has 2 N–H and O–H groups in total. The fourth-order valence-electron chi connectivity index (χ4n) is 2.62. The lowest BCUT2D eigenvalue weighted by atomic mass is 10.1. The van der Waals surface area contributed by atoms with E-state index in [4.69, 9.17) is 4.74 Å². The van der Waals surface area contributed by atoms with Gasteiger partial charge in [-0.2, -0.15) is 0 Å². The number of pyridine rings is 1. The van der Waals surface area contributed by atoms with E-state index in [2.05, 4.69) is 34.7 Å². The molecule has 0 aliphatic carbocycles. The van der Waals surface area contributed by atoms with Gasteiger partial charge in [-0.05, 0) is 37.5 Å². The summed E-state index contributed by atoms with van der Waals surface area (Å²) >= 11 is 0. The number of hydrogen-bond acceptors (Lipinski definition) is 4. The highest BCUT2D eigenvalue weighted by molar-refractivity contribution is 5.93. The summed E-state index contributed by atoms with van der Waals surface area (Å²) in [5, 5.41) is 6.19. The van der Waals surface area contributed by atoms with Crippen LogP contribution in [-0.2, 0) is 9.53 Å². The molecule has 5 nitrogen and oxygen atoms in total. The third-order valence-corrected chi connectivity index (χ3v) is 3.92. The largest absolute Gasteiger partial charge is 0.377 e. The number of benzene rings is 1. The van der Waals surface area contributed by atoms with E-state index in [1.54, 1.807) is 12.3 Å². The van der Waals surface area contributed by atoms with Crippen molar-refractivity contribution >= 4 is 17.4 Å². The van der Waals surface area contributed by atoms with Crippen molar-refractivity contribution in [3.8, 4) is 0 Å². The fourth-order valence-corrected chi connectivity index (χ4v) is 2.62. The molecule has 1 aromatic carbocycles. The number of aromatic nitrogens is 1. The zero-order valence-electron chi connectivity index (χ0n) is 13.2. The number of nitrogens with one attached hydrogen (secondary N) is 2. The molecule has 1 aromatic heterocycles. The first kappa shape index (κ1) is 15.5. The van der Waals surface area contributed by atoms with Gasteiger partial charge in [0.1, 0.15) is 11.9 Å².